The van der Waals surface area contributed by atoms with Gasteiger partial charge < -0.3 is 5.32 Å². The van der Waals surface area contributed by atoms with Crippen LogP contribution in [-0.2, 0) is 0 Å². The molecule has 0 aliphatic heterocycles. The summed E-state index contributed by atoms with van der Waals surface area (Å²) in [6, 6.07) is 5.77. The minimum atomic E-state index is -0.323. The summed E-state index contributed by atoms with van der Waals surface area (Å²) < 4.78 is 12.7. The fraction of sp³-hybridized carbons (Fsp3) is 0.533. The van der Waals surface area contributed by atoms with Crippen LogP contribution in [0.3, 0.4) is 0 Å². The van der Waals surface area contributed by atoms with Gasteiger partial charge in [-0.1, -0.05) is 26.7 Å². The SMILES string of the molecule is CC(C)CCC[C@H](C)NC(=O)c1ccc(F)cc1. The molecule has 0 fully saturated rings. The van der Waals surface area contributed by atoms with Gasteiger partial charge in [-0.3, -0.25) is 4.79 Å². The van der Waals surface area contributed by atoms with Crippen molar-refractivity contribution in [1.29, 1.82) is 0 Å². The molecule has 0 spiro atoms. The van der Waals surface area contributed by atoms with Gasteiger partial charge in [-0.25, -0.2) is 4.39 Å². The normalized spacial score (nSPS) is 12.5. The van der Waals surface area contributed by atoms with E-state index in [2.05, 4.69) is 19.2 Å². The number of halogens is 1. The fourth-order valence-corrected chi connectivity index (χ4v) is 1.81. The molecule has 1 aromatic rings. The van der Waals surface area contributed by atoms with E-state index in [1.807, 2.05) is 6.92 Å². The number of hydrogen-bond donors (Lipinski definition) is 1. The van der Waals surface area contributed by atoms with E-state index in [0.717, 1.165) is 12.8 Å². The molecular weight excluding hydrogens is 229 g/mol. The Morgan fingerprint density at radius 1 is 1.17 bits per heavy atom. The number of carbonyl (C=O) groups is 1. The highest BCUT2D eigenvalue weighted by molar-refractivity contribution is 5.94. The molecule has 1 N–H and O–H groups in total. The summed E-state index contributed by atoms with van der Waals surface area (Å²) in [5.41, 5.74) is 0.507. The van der Waals surface area contributed by atoms with E-state index < -0.39 is 0 Å². The van der Waals surface area contributed by atoms with E-state index in [9.17, 15) is 9.18 Å². The maximum absolute atomic E-state index is 12.7. The molecule has 1 amide bonds. The Morgan fingerprint density at radius 3 is 2.33 bits per heavy atom. The number of nitrogens with one attached hydrogen (secondary N) is 1. The lowest BCUT2D eigenvalue weighted by Crippen LogP contribution is -2.32. The molecule has 100 valence electrons. The lowest BCUT2D eigenvalue weighted by atomic mass is 10.0. The smallest absolute Gasteiger partial charge is 0.251 e. The van der Waals surface area contributed by atoms with Crippen LogP contribution >= 0.6 is 0 Å². The van der Waals surface area contributed by atoms with Crippen molar-refractivity contribution in [2.45, 2.75) is 46.1 Å². The second-order valence-electron chi connectivity index (χ2n) is 5.21. The molecule has 0 unspecified atom stereocenters. The maximum atomic E-state index is 12.7. The molecule has 0 saturated carbocycles. The molecule has 1 atom stereocenters. The zero-order valence-electron chi connectivity index (χ0n) is 11.4. The molecule has 3 heteroatoms. The predicted octanol–water partition coefficient (Wildman–Crippen LogP) is 3.77. The monoisotopic (exact) mass is 251 g/mol. The van der Waals surface area contributed by atoms with Crippen LogP contribution in [0.5, 0.6) is 0 Å². The lowest BCUT2D eigenvalue weighted by Gasteiger charge is -2.14. The number of benzene rings is 1. The first-order valence-electron chi connectivity index (χ1n) is 6.55. The fourth-order valence-electron chi connectivity index (χ4n) is 1.81. The van der Waals surface area contributed by atoms with Crippen LogP contribution in [0.15, 0.2) is 24.3 Å². The van der Waals surface area contributed by atoms with Crippen molar-refractivity contribution in [3.05, 3.63) is 35.6 Å². The summed E-state index contributed by atoms with van der Waals surface area (Å²) in [6.45, 7) is 6.39. The van der Waals surface area contributed by atoms with Crippen LogP contribution in [0.4, 0.5) is 4.39 Å². The van der Waals surface area contributed by atoms with Gasteiger partial charge in [-0.15, -0.1) is 0 Å². The molecule has 0 radical (unpaired) electrons. The van der Waals surface area contributed by atoms with Gasteiger partial charge in [0.2, 0.25) is 0 Å². The van der Waals surface area contributed by atoms with Crippen LogP contribution < -0.4 is 5.32 Å². The topological polar surface area (TPSA) is 29.1 Å². The van der Waals surface area contributed by atoms with Gasteiger partial charge in [-0.2, -0.15) is 0 Å². The Bertz CT molecular complexity index is 373. The minimum absolute atomic E-state index is 0.132. The van der Waals surface area contributed by atoms with Gasteiger partial charge >= 0.3 is 0 Å². The molecule has 1 aromatic carbocycles. The third-order valence-electron chi connectivity index (χ3n) is 2.90. The largest absolute Gasteiger partial charge is 0.350 e. The minimum Gasteiger partial charge on any atom is -0.350 e. The zero-order chi connectivity index (χ0) is 13.5. The zero-order valence-corrected chi connectivity index (χ0v) is 11.4. The summed E-state index contributed by atoms with van der Waals surface area (Å²) in [5, 5.41) is 2.93. The highest BCUT2D eigenvalue weighted by Crippen LogP contribution is 2.09. The van der Waals surface area contributed by atoms with Crippen molar-refractivity contribution in [3.8, 4) is 0 Å². The van der Waals surface area contributed by atoms with Gasteiger partial charge in [-0.05, 0) is 43.5 Å². The van der Waals surface area contributed by atoms with Crippen molar-refractivity contribution < 1.29 is 9.18 Å². The van der Waals surface area contributed by atoms with Crippen LogP contribution in [0.2, 0.25) is 0 Å². The van der Waals surface area contributed by atoms with Crippen LogP contribution in [0.1, 0.15) is 50.4 Å². The van der Waals surface area contributed by atoms with E-state index in [4.69, 9.17) is 0 Å². The summed E-state index contributed by atoms with van der Waals surface area (Å²) in [5.74, 6) is 0.244. The van der Waals surface area contributed by atoms with E-state index in [1.165, 1.54) is 30.7 Å². The molecule has 18 heavy (non-hydrogen) atoms. The highest BCUT2D eigenvalue weighted by Gasteiger charge is 2.09. The highest BCUT2D eigenvalue weighted by atomic mass is 19.1. The standard InChI is InChI=1S/C15H22FNO/c1-11(2)5-4-6-12(3)17-15(18)13-7-9-14(16)10-8-13/h7-12H,4-6H2,1-3H3,(H,17,18)/t12-/m0/s1. The van der Waals surface area contributed by atoms with Crippen LogP contribution in [0, 0.1) is 11.7 Å². The number of rotatable bonds is 6. The summed E-state index contributed by atoms with van der Waals surface area (Å²) in [6.07, 6.45) is 3.27. The van der Waals surface area contributed by atoms with E-state index in [0.29, 0.717) is 11.5 Å². The van der Waals surface area contributed by atoms with Crippen LogP contribution in [-0.4, -0.2) is 11.9 Å². The third kappa shape index (κ3) is 5.30. The predicted molar refractivity (Wildman–Crippen MR) is 72.0 cm³/mol. The molecule has 2 nitrogen and oxygen atoms in total. The Labute approximate surface area is 109 Å². The summed E-state index contributed by atoms with van der Waals surface area (Å²) in [4.78, 5) is 11.8. The Hall–Kier alpha value is -1.38. The number of carbonyl (C=O) groups excluding carboxylic acids is 1. The molecule has 0 saturated heterocycles. The number of hydrogen-bond acceptors (Lipinski definition) is 1. The van der Waals surface area contributed by atoms with Gasteiger partial charge in [0.1, 0.15) is 5.82 Å². The van der Waals surface area contributed by atoms with Gasteiger partial charge in [0, 0.05) is 11.6 Å². The van der Waals surface area contributed by atoms with Crippen molar-refractivity contribution in [2.24, 2.45) is 5.92 Å². The van der Waals surface area contributed by atoms with Crippen molar-refractivity contribution in [3.63, 3.8) is 0 Å². The Balaban J connectivity index is 2.37. The second-order valence-corrected chi connectivity index (χ2v) is 5.21. The first-order chi connectivity index (χ1) is 8.49. The van der Waals surface area contributed by atoms with E-state index in [-0.39, 0.29) is 17.8 Å². The van der Waals surface area contributed by atoms with E-state index >= 15 is 0 Å². The summed E-state index contributed by atoms with van der Waals surface area (Å²) >= 11 is 0. The van der Waals surface area contributed by atoms with Gasteiger partial charge in [0.15, 0.2) is 0 Å². The molecule has 0 aliphatic carbocycles. The molecule has 1 rings (SSSR count). The molecule has 0 bridgehead atoms. The molecule has 0 heterocycles. The first kappa shape index (κ1) is 14.7. The first-order valence-corrected chi connectivity index (χ1v) is 6.55. The molecule has 0 aromatic heterocycles. The maximum Gasteiger partial charge on any atom is 0.251 e. The van der Waals surface area contributed by atoms with Gasteiger partial charge in [0.05, 0.1) is 0 Å². The number of amides is 1. The van der Waals surface area contributed by atoms with Gasteiger partial charge in [0.25, 0.3) is 5.91 Å². The Kier molecular flexibility index (Phi) is 5.83. The van der Waals surface area contributed by atoms with Crippen LogP contribution in [0.25, 0.3) is 0 Å². The second kappa shape index (κ2) is 7.14. The van der Waals surface area contributed by atoms with E-state index in [1.54, 1.807) is 0 Å². The molecule has 0 aliphatic rings. The quantitative estimate of drug-likeness (QED) is 0.819. The van der Waals surface area contributed by atoms with Crippen molar-refractivity contribution >= 4 is 5.91 Å². The Morgan fingerprint density at radius 2 is 1.78 bits per heavy atom. The summed E-state index contributed by atoms with van der Waals surface area (Å²) in [7, 11) is 0. The van der Waals surface area contributed by atoms with Crippen molar-refractivity contribution in [2.75, 3.05) is 0 Å². The average Bonchev–Trinajstić information content (AvgIpc) is 2.29. The van der Waals surface area contributed by atoms with Crippen molar-refractivity contribution in [1.82, 2.24) is 5.32 Å². The lowest BCUT2D eigenvalue weighted by molar-refractivity contribution is 0.0937. The third-order valence-corrected chi connectivity index (χ3v) is 2.90. The molecular formula is C15H22FNO. The average molecular weight is 251 g/mol.